The number of carbonyl (C=O) groups excluding carboxylic acids is 2. The smallest absolute Gasteiger partial charge is 0.261 e. The van der Waals surface area contributed by atoms with Crippen LogP contribution in [0, 0.1) is 0 Å². The van der Waals surface area contributed by atoms with E-state index in [1.54, 1.807) is 0 Å². The van der Waals surface area contributed by atoms with Crippen LogP contribution in [0.1, 0.15) is 33.6 Å². The molecular weight excluding hydrogens is 342 g/mol. The number of imide groups is 1. The molecule has 1 fully saturated rings. The van der Waals surface area contributed by atoms with Crippen molar-refractivity contribution in [3.05, 3.63) is 29.3 Å². The van der Waals surface area contributed by atoms with Crippen LogP contribution in [0.2, 0.25) is 0 Å². The fourth-order valence-corrected chi connectivity index (χ4v) is 4.26. The maximum absolute atomic E-state index is 12.6. The first-order valence-electron chi connectivity index (χ1n) is 7.04. The Morgan fingerprint density at radius 2 is 1.65 bits per heavy atom. The van der Waals surface area contributed by atoms with Crippen molar-refractivity contribution in [2.24, 2.45) is 5.73 Å². The number of rotatable bonds is 2. The summed E-state index contributed by atoms with van der Waals surface area (Å²) in [4.78, 5) is 24.8. The normalized spacial score (nSPS) is 19.7. The quantitative estimate of drug-likeness (QED) is 0.772. The average Bonchev–Trinajstić information content (AvgIpc) is 2.72. The number of piperidine rings is 1. The zero-order valence-electron chi connectivity index (χ0n) is 12.6. The van der Waals surface area contributed by atoms with E-state index in [9.17, 15) is 18.0 Å². The van der Waals surface area contributed by atoms with Crippen LogP contribution < -0.4 is 5.73 Å². The summed E-state index contributed by atoms with van der Waals surface area (Å²) in [7, 11) is -2.29. The van der Waals surface area contributed by atoms with Crippen molar-refractivity contribution in [1.82, 2.24) is 9.21 Å². The third kappa shape index (κ3) is 2.87. The Morgan fingerprint density at radius 3 is 2.26 bits per heavy atom. The van der Waals surface area contributed by atoms with Crippen LogP contribution >= 0.6 is 12.4 Å². The van der Waals surface area contributed by atoms with E-state index >= 15 is 0 Å². The van der Waals surface area contributed by atoms with Gasteiger partial charge in [-0.3, -0.25) is 14.5 Å². The van der Waals surface area contributed by atoms with Crippen LogP contribution in [-0.4, -0.2) is 55.6 Å². The zero-order chi connectivity index (χ0) is 16.1. The number of amides is 2. The topological polar surface area (TPSA) is 101 Å². The molecule has 2 aliphatic rings. The first-order chi connectivity index (χ1) is 10.3. The van der Waals surface area contributed by atoms with Gasteiger partial charge in [-0.05, 0) is 31.0 Å². The molecule has 0 spiro atoms. The first kappa shape index (κ1) is 17.9. The summed E-state index contributed by atoms with van der Waals surface area (Å²) in [6.45, 7) is 0.737. The molecule has 0 saturated carbocycles. The van der Waals surface area contributed by atoms with Crippen LogP contribution in [0.25, 0.3) is 0 Å². The lowest BCUT2D eigenvalue weighted by molar-refractivity contribution is 0.0693. The molecule has 0 aliphatic carbocycles. The Kier molecular flexibility index (Phi) is 4.81. The summed E-state index contributed by atoms with van der Waals surface area (Å²) >= 11 is 0. The Labute approximate surface area is 140 Å². The molecule has 0 radical (unpaired) electrons. The number of hydrogen-bond donors (Lipinski definition) is 1. The molecule has 0 bridgehead atoms. The van der Waals surface area contributed by atoms with Gasteiger partial charge in [0.15, 0.2) is 0 Å². The number of nitrogens with zero attached hydrogens (tertiary/aromatic N) is 2. The standard InChI is InChI=1S/C14H17N3O4S.ClH/c1-16-13(18)11-3-2-10(8-12(11)14(16)19)22(20,21)17-6-4-9(15)5-7-17;/h2-3,8-9H,4-7,15H2,1H3;1H. The highest BCUT2D eigenvalue weighted by atomic mass is 35.5. The maximum Gasteiger partial charge on any atom is 0.261 e. The lowest BCUT2D eigenvalue weighted by atomic mass is 10.1. The van der Waals surface area contributed by atoms with Crippen LogP contribution in [0.5, 0.6) is 0 Å². The molecule has 0 atom stereocenters. The third-order valence-electron chi connectivity index (χ3n) is 4.20. The van der Waals surface area contributed by atoms with E-state index in [1.807, 2.05) is 0 Å². The van der Waals surface area contributed by atoms with E-state index in [1.165, 1.54) is 29.6 Å². The van der Waals surface area contributed by atoms with E-state index in [-0.39, 0.29) is 34.5 Å². The predicted octanol–water partition coefficient (Wildman–Crippen LogP) is 0.446. The number of halogens is 1. The van der Waals surface area contributed by atoms with E-state index in [4.69, 9.17) is 5.73 Å². The first-order valence-corrected chi connectivity index (χ1v) is 8.48. The fraction of sp³-hybridized carbons (Fsp3) is 0.429. The number of benzene rings is 1. The molecule has 2 aliphatic heterocycles. The van der Waals surface area contributed by atoms with Crippen molar-refractivity contribution in [2.75, 3.05) is 20.1 Å². The van der Waals surface area contributed by atoms with E-state index in [2.05, 4.69) is 0 Å². The van der Waals surface area contributed by atoms with Crippen LogP contribution in [0.15, 0.2) is 23.1 Å². The molecule has 9 heteroatoms. The minimum Gasteiger partial charge on any atom is -0.328 e. The number of fused-ring (bicyclic) bond motifs is 1. The Hall–Kier alpha value is -1.48. The second-order valence-electron chi connectivity index (χ2n) is 5.62. The van der Waals surface area contributed by atoms with Crippen molar-refractivity contribution < 1.29 is 18.0 Å². The van der Waals surface area contributed by atoms with Crippen molar-refractivity contribution in [3.63, 3.8) is 0 Å². The molecule has 1 saturated heterocycles. The van der Waals surface area contributed by atoms with Crippen molar-refractivity contribution in [2.45, 2.75) is 23.8 Å². The van der Waals surface area contributed by atoms with Gasteiger partial charge in [-0.15, -0.1) is 12.4 Å². The summed E-state index contributed by atoms with van der Waals surface area (Å²) in [6.07, 6.45) is 1.23. The molecule has 2 N–H and O–H groups in total. The van der Waals surface area contributed by atoms with Crippen molar-refractivity contribution in [3.8, 4) is 0 Å². The summed E-state index contributed by atoms with van der Waals surface area (Å²) < 4.78 is 26.7. The van der Waals surface area contributed by atoms with Crippen LogP contribution in [-0.2, 0) is 10.0 Å². The molecule has 1 aromatic rings. The third-order valence-corrected chi connectivity index (χ3v) is 6.09. The monoisotopic (exact) mass is 359 g/mol. The summed E-state index contributed by atoms with van der Waals surface area (Å²) in [5.41, 5.74) is 6.18. The number of hydrogen-bond acceptors (Lipinski definition) is 5. The van der Waals surface area contributed by atoms with E-state index < -0.39 is 21.8 Å². The molecule has 126 valence electrons. The van der Waals surface area contributed by atoms with Gasteiger partial charge in [0.1, 0.15) is 0 Å². The molecule has 0 aromatic heterocycles. The lowest BCUT2D eigenvalue weighted by Gasteiger charge is -2.29. The van der Waals surface area contributed by atoms with Crippen LogP contribution in [0.4, 0.5) is 0 Å². The molecule has 3 rings (SSSR count). The summed E-state index contributed by atoms with van der Waals surface area (Å²) in [5, 5.41) is 0. The highest BCUT2D eigenvalue weighted by Crippen LogP contribution is 2.27. The van der Waals surface area contributed by atoms with Gasteiger partial charge < -0.3 is 5.73 Å². The van der Waals surface area contributed by atoms with Gasteiger partial charge >= 0.3 is 0 Å². The minimum atomic E-state index is -3.67. The Bertz CT molecular complexity index is 757. The number of sulfonamides is 1. The van der Waals surface area contributed by atoms with Gasteiger partial charge in [0.2, 0.25) is 10.0 Å². The molecule has 0 unspecified atom stereocenters. The lowest BCUT2D eigenvalue weighted by Crippen LogP contribution is -2.42. The van der Waals surface area contributed by atoms with Crippen LogP contribution in [0.3, 0.4) is 0 Å². The molecule has 7 nitrogen and oxygen atoms in total. The average molecular weight is 360 g/mol. The minimum absolute atomic E-state index is 0. The fourth-order valence-electron chi connectivity index (χ4n) is 2.77. The van der Waals surface area contributed by atoms with E-state index in [0.29, 0.717) is 25.9 Å². The highest BCUT2D eigenvalue weighted by Gasteiger charge is 2.35. The second kappa shape index (κ2) is 6.20. The molecular formula is C14H18ClN3O4S. The van der Waals surface area contributed by atoms with Crippen molar-refractivity contribution in [1.29, 1.82) is 0 Å². The van der Waals surface area contributed by atoms with Gasteiger partial charge in [0, 0.05) is 26.2 Å². The molecule has 23 heavy (non-hydrogen) atoms. The number of carbonyl (C=O) groups is 2. The van der Waals surface area contributed by atoms with Gasteiger partial charge in [-0.1, -0.05) is 0 Å². The van der Waals surface area contributed by atoms with E-state index in [0.717, 1.165) is 4.90 Å². The largest absolute Gasteiger partial charge is 0.328 e. The predicted molar refractivity (Wildman–Crippen MR) is 86.1 cm³/mol. The number of nitrogens with two attached hydrogens (primary N) is 1. The van der Waals surface area contributed by atoms with Crippen molar-refractivity contribution >= 4 is 34.2 Å². The second-order valence-corrected chi connectivity index (χ2v) is 7.56. The van der Waals surface area contributed by atoms with Gasteiger partial charge in [-0.2, -0.15) is 4.31 Å². The van der Waals surface area contributed by atoms with Gasteiger partial charge in [0.25, 0.3) is 11.8 Å². The summed E-state index contributed by atoms with van der Waals surface area (Å²) in [5.74, 6) is -0.884. The SMILES string of the molecule is CN1C(=O)c2ccc(S(=O)(=O)N3CCC(N)CC3)cc2C1=O.Cl. The molecule has 2 heterocycles. The van der Waals surface area contributed by atoms with Gasteiger partial charge in [0.05, 0.1) is 16.0 Å². The molecule has 1 aromatic carbocycles. The summed E-state index contributed by atoms with van der Waals surface area (Å²) in [6, 6.07) is 4.11. The highest BCUT2D eigenvalue weighted by molar-refractivity contribution is 7.89. The Morgan fingerprint density at radius 1 is 1.09 bits per heavy atom. The maximum atomic E-state index is 12.6. The Balaban J connectivity index is 0.00000192. The molecule has 2 amide bonds. The zero-order valence-corrected chi connectivity index (χ0v) is 14.2. The van der Waals surface area contributed by atoms with Gasteiger partial charge in [-0.25, -0.2) is 8.42 Å².